The molecule has 4 heteroatoms. The van der Waals surface area contributed by atoms with E-state index in [1.807, 2.05) is 35.2 Å². The maximum Gasteiger partial charge on any atom is 0.224 e. The number of amides is 1. The van der Waals surface area contributed by atoms with Crippen LogP contribution in [-0.2, 0) is 17.8 Å². The van der Waals surface area contributed by atoms with Crippen molar-refractivity contribution in [3.05, 3.63) is 65.7 Å². The lowest BCUT2D eigenvalue weighted by atomic mass is 10.1. The molecule has 0 bridgehead atoms. The van der Waals surface area contributed by atoms with Gasteiger partial charge >= 0.3 is 0 Å². The fourth-order valence-electron chi connectivity index (χ4n) is 3.22. The highest BCUT2D eigenvalue weighted by Crippen LogP contribution is 2.16. The lowest BCUT2D eigenvalue weighted by Crippen LogP contribution is -2.33. The number of benzene rings is 2. The fourth-order valence-corrected chi connectivity index (χ4v) is 3.22. The van der Waals surface area contributed by atoms with Gasteiger partial charge in [-0.25, -0.2) is 0 Å². The SMILES string of the molecule is COc1cccc(CN2CCN(CCc3ccccc3)CCC2=O)c1. The summed E-state index contributed by atoms with van der Waals surface area (Å²) in [6.07, 6.45) is 1.63. The average molecular weight is 338 g/mol. The zero-order valence-corrected chi connectivity index (χ0v) is 14.9. The quantitative estimate of drug-likeness (QED) is 0.812. The molecule has 3 rings (SSSR count). The van der Waals surface area contributed by atoms with Crippen molar-refractivity contribution < 1.29 is 9.53 Å². The van der Waals surface area contributed by atoms with E-state index in [1.54, 1.807) is 7.11 Å². The van der Waals surface area contributed by atoms with Gasteiger partial charge in [-0.3, -0.25) is 4.79 Å². The monoisotopic (exact) mass is 338 g/mol. The second kappa shape index (κ2) is 8.67. The van der Waals surface area contributed by atoms with Crippen LogP contribution >= 0.6 is 0 Å². The van der Waals surface area contributed by atoms with Gasteiger partial charge in [-0.15, -0.1) is 0 Å². The van der Waals surface area contributed by atoms with Crippen molar-refractivity contribution >= 4 is 5.91 Å². The van der Waals surface area contributed by atoms with Crippen LogP contribution in [0, 0.1) is 0 Å². The summed E-state index contributed by atoms with van der Waals surface area (Å²) in [4.78, 5) is 16.8. The Balaban J connectivity index is 1.54. The minimum Gasteiger partial charge on any atom is -0.497 e. The third-order valence-corrected chi connectivity index (χ3v) is 4.75. The normalized spacial score (nSPS) is 15.9. The van der Waals surface area contributed by atoms with Crippen molar-refractivity contribution in [2.45, 2.75) is 19.4 Å². The fraction of sp³-hybridized carbons (Fsp3) is 0.381. The number of ether oxygens (including phenoxy) is 1. The molecule has 0 spiro atoms. The standard InChI is InChI=1S/C21H26N2O2/c1-25-20-9-5-8-19(16-20)17-23-15-14-22(13-11-21(23)24)12-10-18-6-3-2-4-7-18/h2-9,16H,10-15,17H2,1H3. The third kappa shape index (κ3) is 5.07. The highest BCUT2D eigenvalue weighted by molar-refractivity contribution is 5.76. The molecule has 0 radical (unpaired) electrons. The summed E-state index contributed by atoms with van der Waals surface area (Å²) in [6, 6.07) is 18.5. The van der Waals surface area contributed by atoms with Gasteiger partial charge in [-0.2, -0.15) is 0 Å². The van der Waals surface area contributed by atoms with Crippen LogP contribution in [0.25, 0.3) is 0 Å². The van der Waals surface area contributed by atoms with Crippen LogP contribution < -0.4 is 4.74 Å². The van der Waals surface area contributed by atoms with Crippen molar-refractivity contribution in [2.75, 3.05) is 33.3 Å². The molecule has 2 aromatic carbocycles. The number of methoxy groups -OCH3 is 1. The number of hydrogen-bond donors (Lipinski definition) is 0. The number of carbonyl (C=O) groups is 1. The Bertz CT molecular complexity index is 687. The minimum absolute atomic E-state index is 0.241. The van der Waals surface area contributed by atoms with Crippen molar-refractivity contribution in [1.82, 2.24) is 9.80 Å². The molecule has 2 aromatic rings. The van der Waals surface area contributed by atoms with E-state index in [2.05, 4.69) is 29.2 Å². The Morgan fingerprint density at radius 2 is 1.76 bits per heavy atom. The molecule has 25 heavy (non-hydrogen) atoms. The molecule has 0 atom stereocenters. The number of carbonyl (C=O) groups excluding carboxylic acids is 1. The Labute approximate surface area is 150 Å². The Hall–Kier alpha value is -2.33. The summed E-state index contributed by atoms with van der Waals surface area (Å²) in [5.74, 6) is 1.08. The van der Waals surface area contributed by atoms with Gasteiger partial charge in [0.05, 0.1) is 7.11 Å². The predicted octanol–water partition coefficient (Wildman–Crippen LogP) is 2.97. The maximum atomic E-state index is 12.5. The Morgan fingerprint density at radius 3 is 2.56 bits per heavy atom. The molecule has 1 amide bonds. The van der Waals surface area contributed by atoms with E-state index >= 15 is 0 Å². The van der Waals surface area contributed by atoms with E-state index in [0.717, 1.165) is 43.9 Å². The molecule has 0 N–H and O–H groups in total. The smallest absolute Gasteiger partial charge is 0.224 e. The van der Waals surface area contributed by atoms with Crippen molar-refractivity contribution in [3.63, 3.8) is 0 Å². The molecule has 1 saturated heterocycles. The Kier molecular flexibility index (Phi) is 6.07. The molecule has 1 heterocycles. The summed E-state index contributed by atoms with van der Waals surface area (Å²) in [5.41, 5.74) is 2.47. The molecule has 132 valence electrons. The molecule has 1 fully saturated rings. The molecule has 4 nitrogen and oxygen atoms in total. The van der Waals surface area contributed by atoms with E-state index in [1.165, 1.54) is 5.56 Å². The highest BCUT2D eigenvalue weighted by Gasteiger charge is 2.20. The molecular formula is C21H26N2O2. The largest absolute Gasteiger partial charge is 0.497 e. The van der Waals surface area contributed by atoms with E-state index < -0.39 is 0 Å². The zero-order chi connectivity index (χ0) is 17.5. The Morgan fingerprint density at radius 1 is 0.960 bits per heavy atom. The molecule has 1 aliphatic heterocycles. The second-order valence-corrected chi connectivity index (χ2v) is 6.49. The van der Waals surface area contributed by atoms with Crippen molar-refractivity contribution in [3.8, 4) is 5.75 Å². The number of rotatable bonds is 6. The van der Waals surface area contributed by atoms with Gasteiger partial charge in [-0.1, -0.05) is 42.5 Å². The van der Waals surface area contributed by atoms with Gasteiger partial charge in [0.1, 0.15) is 5.75 Å². The van der Waals surface area contributed by atoms with E-state index in [4.69, 9.17) is 4.74 Å². The van der Waals surface area contributed by atoms with Crippen LogP contribution in [-0.4, -0.2) is 49.0 Å². The summed E-state index contributed by atoms with van der Waals surface area (Å²) in [6.45, 7) is 4.22. The van der Waals surface area contributed by atoms with Gasteiger partial charge in [0.15, 0.2) is 0 Å². The topological polar surface area (TPSA) is 32.8 Å². The number of hydrogen-bond acceptors (Lipinski definition) is 3. The van der Waals surface area contributed by atoms with E-state index in [-0.39, 0.29) is 5.91 Å². The number of nitrogens with zero attached hydrogens (tertiary/aromatic N) is 2. The van der Waals surface area contributed by atoms with Crippen LogP contribution in [0.3, 0.4) is 0 Å². The lowest BCUT2D eigenvalue weighted by Gasteiger charge is -2.22. The minimum atomic E-state index is 0.241. The molecule has 1 aliphatic rings. The van der Waals surface area contributed by atoms with E-state index in [0.29, 0.717) is 13.0 Å². The highest BCUT2D eigenvalue weighted by atomic mass is 16.5. The third-order valence-electron chi connectivity index (χ3n) is 4.75. The molecule has 0 unspecified atom stereocenters. The van der Waals surface area contributed by atoms with Gasteiger partial charge < -0.3 is 14.5 Å². The molecular weight excluding hydrogens is 312 g/mol. The van der Waals surface area contributed by atoms with Gasteiger partial charge in [0.25, 0.3) is 0 Å². The van der Waals surface area contributed by atoms with E-state index in [9.17, 15) is 4.79 Å². The summed E-state index contributed by atoms with van der Waals surface area (Å²) >= 11 is 0. The van der Waals surface area contributed by atoms with Crippen molar-refractivity contribution in [2.24, 2.45) is 0 Å². The summed E-state index contributed by atoms with van der Waals surface area (Å²) in [5, 5.41) is 0. The summed E-state index contributed by atoms with van der Waals surface area (Å²) in [7, 11) is 1.67. The first-order valence-corrected chi connectivity index (χ1v) is 8.91. The first-order valence-electron chi connectivity index (χ1n) is 8.91. The van der Waals surface area contributed by atoms with Gasteiger partial charge in [-0.05, 0) is 29.7 Å². The molecule has 0 aromatic heterocycles. The van der Waals surface area contributed by atoms with Crippen LogP contribution in [0.5, 0.6) is 5.75 Å². The summed E-state index contributed by atoms with van der Waals surface area (Å²) < 4.78 is 5.27. The van der Waals surface area contributed by atoms with Crippen LogP contribution in [0.15, 0.2) is 54.6 Å². The zero-order valence-electron chi connectivity index (χ0n) is 14.9. The van der Waals surface area contributed by atoms with Gasteiger partial charge in [0, 0.05) is 39.1 Å². The first kappa shape index (κ1) is 17.5. The first-order chi connectivity index (χ1) is 12.2. The predicted molar refractivity (Wildman–Crippen MR) is 99.6 cm³/mol. The maximum absolute atomic E-state index is 12.5. The van der Waals surface area contributed by atoms with Gasteiger partial charge in [0.2, 0.25) is 5.91 Å². The van der Waals surface area contributed by atoms with Crippen molar-refractivity contribution in [1.29, 1.82) is 0 Å². The van der Waals surface area contributed by atoms with Crippen LogP contribution in [0.4, 0.5) is 0 Å². The molecule has 0 aliphatic carbocycles. The molecule has 0 saturated carbocycles. The van der Waals surface area contributed by atoms with Crippen LogP contribution in [0.2, 0.25) is 0 Å². The second-order valence-electron chi connectivity index (χ2n) is 6.49. The lowest BCUT2D eigenvalue weighted by molar-refractivity contribution is -0.130. The van der Waals surface area contributed by atoms with Crippen LogP contribution in [0.1, 0.15) is 17.5 Å². The average Bonchev–Trinajstić information content (AvgIpc) is 2.83.